The van der Waals surface area contributed by atoms with Crippen molar-refractivity contribution in [2.45, 2.75) is 38.3 Å². The van der Waals surface area contributed by atoms with E-state index < -0.39 is 0 Å². The lowest BCUT2D eigenvalue weighted by Crippen LogP contribution is -2.58. The zero-order valence-corrected chi connectivity index (χ0v) is 12.8. The number of aryl methyl sites for hydroxylation is 1. The highest BCUT2D eigenvalue weighted by Gasteiger charge is 2.44. The molecule has 4 heteroatoms. The van der Waals surface area contributed by atoms with Crippen molar-refractivity contribution in [3.8, 4) is 5.75 Å². The van der Waals surface area contributed by atoms with Crippen LogP contribution in [0.2, 0.25) is 0 Å². The molecular formula is C18H21NO3. The lowest BCUT2D eigenvalue weighted by atomic mass is 9.72. The minimum atomic E-state index is 0.00109. The molecule has 1 aromatic carbocycles. The van der Waals surface area contributed by atoms with E-state index in [1.807, 2.05) is 25.1 Å². The molecule has 3 aliphatic rings. The first-order valence-corrected chi connectivity index (χ1v) is 8.07. The van der Waals surface area contributed by atoms with Crippen LogP contribution >= 0.6 is 0 Å². The molecule has 2 fully saturated rings. The lowest BCUT2D eigenvalue weighted by molar-refractivity contribution is -0.128. The Morgan fingerprint density at radius 1 is 1.36 bits per heavy atom. The van der Waals surface area contributed by atoms with E-state index in [4.69, 9.17) is 9.47 Å². The second-order valence-corrected chi connectivity index (χ2v) is 6.53. The second-order valence-electron chi connectivity index (χ2n) is 6.53. The molecule has 2 heterocycles. The molecule has 4 rings (SSSR count). The largest absolute Gasteiger partial charge is 0.488 e. The summed E-state index contributed by atoms with van der Waals surface area (Å²) in [6.07, 6.45) is 5.52. The van der Waals surface area contributed by atoms with Gasteiger partial charge >= 0.3 is 0 Å². The number of benzene rings is 1. The fourth-order valence-electron chi connectivity index (χ4n) is 3.65. The van der Waals surface area contributed by atoms with Gasteiger partial charge in [-0.2, -0.15) is 0 Å². The van der Waals surface area contributed by atoms with Crippen molar-refractivity contribution in [2.75, 3.05) is 13.2 Å². The average Bonchev–Trinajstić information content (AvgIpc) is 2.51. The molecular weight excluding hydrogens is 278 g/mol. The van der Waals surface area contributed by atoms with Gasteiger partial charge in [-0.25, -0.2) is 0 Å². The zero-order chi connectivity index (χ0) is 15.1. The van der Waals surface area contributed by atoms with E-state index in [1.165, 1.54) is 5.56 Å². The Labute approximate surface area is 130 Å². The summed E-state index contributed by atoms with van der Waals surface area (Å²) >= 11 is 0. The summed E-state index contributed by atoms with van der Waals surface area (Å²) in [6.45, 7) is 3.26. The van der Waals surface area contributed by atoms with Gasteiger partial charge in [0, 0.05) is 24.1 Å². The van der Waals surface area contributed by atoms with Crippen LogP contribution in [0.1, 0.15) is 30.4 Å². The third-order valence-electron chi connectivity index (χ3n) is 4.98. The normalized spacial score (nSPS) is 29.3. The molecule has 1 aromatic rings. The molecule has 3 atom stereocenters. The van der Waals surface area contributed by atoms with E-state index in [0.29, 0.717) is 24.2 Å². The first-order chi connectivity index (χ1) is 10.7. The summed E-state index contributed by atoms with van der Waals surface area (Å²) in [7, 11) is 0. The van der Waals surface area contributed by atoms with Gasteiger partial charge in [-0.15, -0.1) is 0 Å². The van der Waals surface area contributed by atoms with Crippen LogP contribution in [0, 0.1) is 12.8 Å². The number of hydrogen-bond donors (Lipinski definition) is 1. The summed E-state index contributed by atoms with van der Waals surface area (Å²) in [5, 5.41) is 3.16. The van der Waals surface area contributed by atoms with Gasteiger partial charge < -0.3 is 14.8 Å². The van der Waals surface area contributed by atoms with Crippen LogP contribution in [-0.2, 0) is 9.53 Å². The Morgan fingerprint density at radius 2 is 2.27 bits per heavy atom. The van der Waals surface area contributed by atoms with Crippen molar-refractivity contribution < 1.29 is 14.3 Å². The predicted octanol–water partition coefficient (Wildman–Crippen LogP) is 2.45. The van der Waals surface area contributed by atoms with Gasteiger partial charge in [0.05, 0.1) is 11.7 Å². The maximum atomic E-state index is 12.5. The first kappa shape index (κ1) is 13.8. The Bertz CT molecular complexity index is 637. The quantitative estimate of drug-likeness (QED) is 0.912. The smallest absolute Gasteiger partial charge is 0.250 e. The molecule has 1 amide bonds. The Hall–Kier alpha value is -1.81. The maximum absolute atomic E-state index is 12.5. The van der Waals surface area contributed by atoms with Crippen LogP contribution in [0.25, 0.3) is 6.08 Å². The van der Waals surface area contributed by atoms with Crippen LogP contribution in [0.5, 0.6) is 5.75 Å². The molecule has 0 spiro atoms. The van der Waals surface area contributed by atoms with Gasteiger partial charge in [-0.3, -0.25) is 4.79 Å². The Kier molecular flexibility index (Phi) is 3.41. The Balaban J connectivity index is 1.45. The van der Waals surface area contributed by atoms with Crippen LogP contribution in [-0.4, -0.2) is 31.3 Å². The van der Waals surface area contributed by atoms with Crippen molar-refractivity contribution in [1.29, 1.82) is 0 Å². The number of rotatable bonds is 2. The number of fused-ring (bicyclic) bond motifs is 2. The number of carbonyl (C=O) groups is 1. The summed E-state index contributed by atoms with van der Waals surface area (Å²) in [5.41, 5.74) is 2.86. The summed E-state index contributed by atoms with van der Waals surface area (Å²) in [4.78, 5) is 12.5. The molecule has 0 aromatic heterocycles. The molecule has 1 N–H and O–H groups in total. The number of ether oxygens (including phenoxy) is 2. The van der Waals surface area contributed by atoms with Crippen molar-refractivity contribution in [1.82, 2.24) is 5.32 Å². The van der Waals surface area contributed by atoms with Gasteiger partial charge in [0.1, 0.15) is 12.4 Å². The second kappa shape index (κ2) is 5.43. The minimum absolute atomic E-state index is 0.00109. The van der Waals surface area contributed by atoms with E-state index in [9.17, 15) is 4.79 Å². The highest BCUT2D eigenvalue weighted by molar-refractivity contribution is 5.99. The van der Waals surface area contributed by atoms with Gasteiger partial charge in [0.25, 0.3) is 5.91 Å². The van der Waals surface area contributed by atoms with Gasteiger partial charge in [-0.1, -0.05) is 11.6 Å². The van der Waals surface area contributed by atoms with Crippen molar-refractivity contribution in [3.63, 3.8) is 0 Å². The number of amides is 1. The molecule has 4 nitrogen and oxygen atoms in total. The monoisotopic (exact) mass is 299 g/mol. The van der Waals surface area contributed by atoms with Crippen molar-refractivity contribution >= 4 is 12.0 Å². The van der Waals surface area contributed by atoms with Gasteiger partial charge in [-0.05, 0) is 44.4 Å². The van der Waals surface area contributed by atoms with E-state index >= 15 is 0 Å². The summed E-state index contributed by atoms with van der Waals surface area (Å²) < 4.78 is 11.4. The van der Waals surface area contributed by atoms with Gasteiger partial charge in [0.15, 0.2) is 0 Å². The zero-order valence-electron chi connectivity index (χ0n) is 12.8. The third-order valence-corrected chi connectivity index (χ3v) is 4.98. The highest BCUT2D eigenvalue weighted by atomic mass is 16.5. The molecule has 116 valence electrons. The topological polar surface area (TPSA) is 47.6 Å². The molecule has 1 saturated carbocycles. The van der Waals surface area contributed by atoms with Crippen LogP contribution in [0.4, 0.5) is 0 Å². The molecule has 2 aliphatic heterocycles. The average molecular weight is 299 g/mol. The van der Waals surface area contributed by atoms with E-state index in [1.54, 1.807) is 0 Å². The lowest BCUT2D eigenvalue weighted by Gasteiger charge is -2.47. The third kappa shape index (κ3) is 2.41. The fourth-order valence-corrected chi connectivity index (χ4v) is 3.65. The molecule has 0 bridgehead atoms. The molecule has 1 aliphatic carbocycles. The molecule has 22 heavy (non-hydrogen) atoms. The van der Waals surface area contributed by atoms with Gasteiger partial charge in [0.2, 0.25) is 0 Å². The Morgan fingerprint density at radius 3 is 3.14 bits per heavy atom. The molecule has 0 radical (unpaired) electrons. The fraction of sp³-hybridized carbons (Fsp3) is 0.500. The van der Waals surface area contributed by atoms with Crippen molar-refractivity contribution in [3.05, 3.63) is 34.9 Å². The minimum Gasteiger partial charge on any atom is -0.488 e. The highest BCUT2D eigenvalue weighted by Crippen LogP contribution is 2.38. The standard InChI is InChI=1S/C18H21NO3/c1-11-4-5-16-12(7-11)8-13(10-22-16)18(20)19-15-9-17-14(15)3-2-6-21-17/h4-5,7-8,14-15,17H,2-3,6,9-10H2,1H3,(H,19,20)/t14-,15-,17+/m1/s1. The van der Waals surface area contributed by atoms with Crippen LogP contribution in [0.3, 0.4) is 0 Å². The SMILES string of the molecule is Cc1ccc2c(c1)C=C(C(=O)N[C@@H]1C[C@@H]3OCCC[C@@H]31)CO2. The van der Waals surface area contributed by atoms with E-state index in [-0.39, 0.29) is 11.9 Å². The van der Waals surface area contributed by atoms with Crippen LogP contribution in [0.15, 0.2) is 23.8 Å². The molecule has 1 saturated heterocycles. The molecule has 0 unspecified atom stereocenters. The maximum Gasteiger partial charge on any atom is 0.250 e. The van der Waals surface area contributed by atoms with E-state index in [0.717, 1.165) is 37.2 Å². The summed E-state index contributed by atoms with van der Waals surface area (Å²) in [6, 6.07) is 6.30. The summed E-state index contributed by atoms with van der Waals surface area (Å²) in [5.74, 6) is 1.35. The number of hydrogen-bond acceptors (Lipinski definition) is 3. The van der Waals surface area contributed by atoms with E-state index in [2.05, 4.69) is 11.4 Å². The van der Waals surface area contributed by atoms with Crippen molar-refractivity contribution in [2.24, 2.45) is 5.92 Å². The number of carbonyl (C=O) groups excluding carboxylic acids is 1. The van der Waals surface area contributed by atoms with Crippen LogP contribution < -0.4 is 10.1 Å². The number of nitrogens with one attached hydrogen (secondary N) is 1. The first-order valence-electron chi connectivity index (χ1n) is 8.07. The predicted molar refractivity (Wildman–Crippen MR) is 83.7 cm³/mol.